The lowest BCUT2D eigenvalue weighted by atomic mass is 9.91. The van der Waals surface area contributed by atoms with Crippen molar-refractivity contribution in [3.63, 3.8) is 0 Å². The van der Waals surface area contributed by atoms with E-state index in [-0.39, 0.29) is 5.60 Å². The monoisotopic (exact) mass is 480 g/mol. The highest BCUT2D eigenvalue weighted by atomic mass is 28.4. The molecular formula is C28H44OSi3. The van der Waals surface area contributed by atoms with Gasteiger partial charge in [0.15, 0.2) is 8.32 Å². The molecule has 4 heteroatoms. The summed E-state index contributed by atoms with van der Waals surface area (Å²) in [6.45, 7) is 16.1. The third kappa shape index (κ3) is 9.74. The average Bonchev–Trinajstić information content (AvgIpc) is 2.79. The summed E-state index contributed by atoms with van der Waals surface area (Å²) in [4.78, 5) is 0. The Kier molecular flexibility index (Phi) is 11.4. The molecule has 0 aliphatic heterocycles. The lowest BCUT2D eigenvalue weighted by Crippen LogP contribution is -2.41. The Morgan fingerprint density at radius 2 is 1.16 bits per heavy atom. The molecule has 2 aromatic carbocycles. The molecule has 2 aromatic rings. The molecule has 2 radical (unpaired) electrons. The van der Waals surface area contributed by atoms with Crippen molar-refractivity contribution in [2.24, 2.45) is 0 Å². The van der Waals surface area contributed by atoms with Gasteiger partial charge in [0.1, 0.15) is 0 Å². The standard InChI is InChI=1S/C28H44OSi3/c1-7-28(29-32(4,5)6,22-14-16-24-30(2)26-18-10-8-11-19-26)23-15-17-25-31(3)27-20-12-9-13-21-27/h7-13,18-21H,1,14-17,22-25H2,2-6H3. The zero-order valence-electron chi connectivity index (χ0n) is 21.1. The van der Waals surface area contributed by atoms with Crippen LogP contribution >= 0.6 is 0 Å². The zero-order valence-corrected chi connectivity index (χ0v) is 24.1. The summed E-state index contributed by atoms with van der Waals surface area (Å²) in [5.74, 6) is 0. The fraction of sp³-hybridized carbons (Fsp3) is 0.500. The number of hydrogen-bond acceptors (Lipinski definition) is 1. The highest BCUT2D eigenvalue weighted by Gasteiger charge is 2.32. The average molecular weight is 481 g/mol. The van der Waals surface area contributed by atoms with E-state index in [1.807, 2.05) is 0 Å². The Morgan fingerprint density at radius 3 is 1.50 bits per heavy atom. The van der Waals surface area contributed by atoms with Crippen LogP contribution in [0.25, 0.3) is 0 Å². The second-order valence-corrected chi connectivity index (χ2v) is 19.9. The van der Waals surface area contributed by atoms with Gasteiger partial charge < -0.3 is 4.43 Å². The van der Waals surface area contributed by atoms with Crippen molar-refractivity contribution < 1.29 is 4.43 Å². The van der Waals surface area contributed by atoms with Crippen molar-refractivity contribution in [2.45, 2.75) is 88.9 Å². The second kappa shape index (κ2) is 13.5. The predicted octanol–water partition coefficient (Wildman–Crippen LogP) is 7.17. The zero-order chi connectivity index (χ0) is 23.5. The molecule has 0 bridgehead atoms. The van der Waals surface area contributed by atoms with E-state index in [9.17, 15) is 0 Å². The molecule has 0 aliphatic rings. The molecule has 0 saturated heterocycles. The van der Waals surface area contributed by atoms with Crippen LogP contribution in [-0.4, -0.2) is 31.5 Å². The van der Waals surface area contributed by atoms with Gasteiger partial charge in [-0.05, 0) is 32.5 Å². The van der Waals surface area contributed by atoms with E-state index in [1.54, 1.807) is 10.4 Å². The largest absolute Gasteiger partial charge is 0.409 e. The van der Waals surface area contributed by atoms with Crippen molar-refractivity contribution >= 4 is 36.3 Å². The fourth-order valence-corrected chi connectivity index (χ4v) is 9.61. The summed E-state index contributed by atoms with van der Waals surface area (Å²) in [5, 5.41) is 3.11. The maximum atomic E-state index is 6.80. The molecule has 0 aromatic heterocycles. The van der Waals surface area contributed by atoms with E-state index in [0.717, 1.165) is 12.8 Å². The molecule has 0 N–H and O–H groups in total. The molecule has 174 valence electrons. The Hall–Kier alpha value is -1.21. The Morgan fingerprint density at radius 1 is 0.750 bits per heavy atom. The normalized spacial score (nSPS) is 12.5. The molecule has 0 unspecified atom stereocenters. The molecule has 0 spiro atoms. The van der Waals surface area contributed by atoms with Crippen LogP contribution in [0.1, 0.15) is 38.5 Å². The van der Waals surface area contributed by atoms with Gasteiger partial charge in [0.25, 0.3) is 0 Å². The first kappa shape index (κ1) is 27.0. The molecule has 0 aliphatic carbocycles. The number of unbranched alkanes of at least 4 members (excludes halogenated alkanes) is 2. The van der Waals surface area contributed by atoms with Crippen molar-refractivity contribution in [1.29, 1.82) is 0 Å². The van der Waals surface area contributed by atoms with Gasteiger partial charge in [0, 0.05) is 0 Å². The Balaban J connectivity index is 1.85. The summed E-state index contributed by atoms with van der Waals surface area (Å²) in [5.41, 5.74) is -0.134. The highest BCUT2D eigenvalue weighted by Crippen LogP contribution is 2.31. The molecule has 0 heterocycles. The van der Waals surface area contributed by atoms with E-state index in [0.29, 0.717) is 0 Å². The van der Waals surface area contributed by atoms with Crippen molar-refractivity contribution in [2.75, 3.05) is 0 Å². The maximum absolute atomic E-state index is 6.80. The SMILES string of the molecule is C=CC(CCCC[Si](C)c1ccccc1)(CCCC[Si](C)c1ccccc1)O[Si](C)(C)C. The van der Waals surface area contributed by atoms with Gasteiger partial charge in [-0.15, -0.1) is 6.58 Å². The number of hydrogen-bond donors (Lipinski definition) is 0. The van der Waals surface area contributed by atoms with Gasteiger partial charge in [-0.1, -0.05) is 128 Å². The van der Waals surface area contributed by atoms with Crippen molar-refractivity contribution in [3.05, 3.63) is 73.3 Å². The van der Waals surface area contributed by atoms with Crippen LogP contribution in [0.3, 0.4) is 0 Å². The maximum Gasteiger partial charge on any atom is 0.184 e. The third-order valence-corrected chi connectivity index (χ3v) is 12.1. The molecule has 32 heavy (non-hydrogen) atoms. The van der Waals surface area contributed by atoms with E-state index < -0.39 is 25.9 Å². The molecule has 0 amide bonds. The minimum Gasteiger partial charge on any atom is -0.409 e. The number of benzene rings is 2. The molecule has 1 nitrogen and oxygen atoms in total. The summed E-state index contributed by atoms with van der Waals surface area (Å²) >= 11 is 0. The van der Waals surface area contributed by atoms with E-state index >= 15 is 0 Å². The van der Waals surface area contributed by atoms with Crippen LogP contribution < -0.4 is 10.4 Å². The van der Waals surface area contributed by atoms with Gasteiger partial charge in [0.05, 0.1) is 23.2 Å². The summed E-state index contributed by atoms with van der Waals surface area (Å²) in [7, 11) is -2.51. The van der Waals surface area contributed by atoms with Crippen molar-refractivity contribution in [1.82, 2.24) is 0 Å². The smallest absolute Gasteiger partial charge is 0.184 e. The van der Waals surface area contributed by atoms with E-state index in [1.165, 1.54) is 37.8 Å². The van der Waals surface area contributed by atoms with Crippen LogP contribution in [0, 0.1) is 0 Å². The minimum absolute atomic E-state index is 0.134. The van der Waals surface area contributed by atoms with Crippen LogP contribution in [0.15, 0.2) is 73.3 Å². The van der Waals surface area contributed by atoms with Gasteiger partial charge in [-0.2, -0.15) is 0 Å². The molecular weight excluding hydrogens is 437 g/mol. The molecule has 2 rings (SSSR count). The van der Waals surface area contributed by atoms with Crippen LogP contribution in [0.5, 0.6) is 0 Å². The van der Waals surface area contributed by atoms with Crippen LogP contribution in [-0.2, 0) is 4.43 Å². The Bertz CT molecular complexity index is 717. The van der Waals surface area contributed by atoms with E-state index in [4.69, 9.17) is 4.43 Å². The number of rotatable bonds is 15. The summed E-state index contributed by atoms with van der Waals surface area (Å²) < 4.78 is 6.80. The minimum atomic E-state index is -1.64. The quantitative estimate of drug-likeness (QED) is 0.149. The van der Waals surface area contributed by atoms with Gasteiger partial charge in [0.2, 0.25) is 0 Å². The van der Waals surface area contributed by atoms with Gasteiger partial charge >= 0.3 is 0 Å². The molecule has 0 saturated carbocycles. The van der Waals surface area contributed by atoms with E-state index in [2.05, 4.69) is 106 Å². The lowest BCUT2D eigenvalue weighted by Gasteiger charge is -2.37. The van der Waals surface area contributed by atoms with Crippen molar-refractivity contribution in [3.8, 4) is 0 Å². The van der Waals surface area contributed by atoms with Crippen LogP contribution in [0.2, 0.25) is 44.8 Å². The predicted molar refractivity (Wildman–Crippen MR) is 150 cm³/mol. The molecule has 0 fully saturated rings. The van der Waals surface area contributed by atoms with Gasteiger partial charge in [-0.3, -0.25) is 0 Å². The fourth-order valence-electron chi connectivity index (χ4n) is 4.45. The van der Waals surface area contributed by atoms with Gasteiger partial charge in [-0.25, -0.2) is 0 Å². The Labute approximate surface area is 202 Å². The first-order valence-electron chi connectivity index (χ1n) is 12.3. The summed E-state index contributed by atoms with van der Waals surface area (Å²) in [6.07, 6.45) is 9.44. The molecule has 0 atom stereocenters. The first-order valence-corrected chi connectivity index (χ1v) is 20.2. The summed E-state index contributed by atoms with van der Waals surface area (Å²) in [6, 6.07) is 24.8. The lowest BCUT2D eigenvalue weighted by molar-refractivity contribution is 0.0871. The first-order chi connectivity index (χ1) is 15.2. The second-order valence-electron chi connectivity index (χ2n) is 10.2. The third-order valence-electron chi connectivity index (χ3n) is 6.22. The van der Waals surface area contributed by atoms with Crippen LogP contribution in [0.4, 0.5) is 0 Å². The highest BCUT2D eigenvalue weighted by molar-refractivity contribution is 6.72. The topological polar surface area (TPSA) is 9.23 Å².